The van der Waals surface area contributed by atoms with Crippen LogP contribution in [0.15, 0.2) is 23.9 Å². The molecule has 64 valence electrons. The van der Waals surface area contributed by atoms with Crippen LogP contribution in [-0.2, 0) is 0 Å². The standard InChI is InChI=1S/C10H19N/c1-4-9(2)8-10(3)6-5-7-11/h4-5,7,10H,6,8,11H2,1-3H3/b7-5-,9-4-. The highest BCUT2D eigenvalue weighted by atomic mass is 14.5. The van der Waals surface area contributed by atoms with Crippen molar-refractivity contribution in [1.29, 1.82) is 0 Å². The van der Waals surface area contributed by atoms with Gasteiger partial charge < -0.3 is 5.73 Å². The van der Waals surface area contributed by atoms with Gasteiger partial charge in [0.05, 0.1) is 0 Å². The first kappa shape index (κ1) is 10.3. The van der Waals surface area contributed by atoms with Crippen molar-refractivity contribution in [3.63, 3.8) is 0 Å². The van der Waals surface area contributed by atoms with Gasteiger partial charge in [-0.2, -0.15) is 0 Å². The average Bonchev–Trinajstić information content (AvgIpc) is 2.00. The zero-order chi connectivity index (χ0) is 8.69. The van der Waals surface area contributed by atoms with E-state index in [4.69, 9.17) is 5.73 Å². The van der Waals surface area contributed by atoms with Crippen molar-refractivity contribution in [3.05, 3.63) is 23.9 Å². The Morgan fingerprint density at radius 2 is 2.18 bits per heavy atom. The van der Waals surface area contributed by atoms with Crippen molar-refractivity contribution in [2.24, 2.45) is 11.7 Å². The minimum absolute atomic E-state index is 0.714. The van der Waals surface area contributed by atoms with Crippen LogP contribution in [0.4, 0.5) is 0 Å². The van der Waals surface area contributed by atoms with E-state index in [0.717, 1.165) is 6.42 Å². The van der Waals surface area contributed by atoms with Crippen LogP contribution in [0.5, 0.6) is 0 Å². The summed E-state index contributed by atoms with van der Waals surface area (Å²) in [6.45, 7) is 6.50. The molecule has 0 aromatic carbocycles. The van der Waals surface area contributed by atoms with Crippen LogP contribution in [0.3, 0.4) is 0 Å². The molecule has 0 spiro atoms. The summed E-state index contributed by atoms with van der Waals surface area (Å²) in [6.07, 6.45) is 8.08. The fourth-order valence-electron chi connectivity index (χ4n) is 1.06. The van der Waals surface area contributed by atoms with Crippen molar-refractivity contribution in [2.45, 2.75) is 33.6 Å². The van der Waals surface area contributed by atoms with Crippen molar-refractivity contribution in [3.8, 4) is 0 Å². The third-order valence-corrected chi connectivity index (χ3v) is 1.84. The molecule has 0 heterocycles. The second kappa shape index (κ2) is 6.02. The van der Waals surface area contributed by atoms with E-state index >= 15 is 0 Å². The topological polar surface area (TPSA) is 26.0 Å². The first-order valence-electron chi connectivity index (χ1n) is 4.19. The molecular formula is C10H19N. The summed E-state index contributed by atoms with van der Waals surface area (Å²) in [5.41, 5.74) is 6.71. The van der Waals surface area contributed by atoms with Crippen LogP contribution in [0.25, 0.3) is 0 Å². The van der Waals surface area contributed by atoms with E-state index in [1.165, 1.54) is 12.0 Å². The van der Waals surface area contributed by atoms with Crippen molar-refractivity contribution in [2.75, 3.05) is 0 Å². The largest absolute Gasteiger partial charge is 0.405 e. The predicted molar refractivity (Wildman–Crippen MR) is 51.2 cm³/mol. The molecule has 0 aliphatic rings. The van der Waals surface area contributed by atoms with E-state index in [-0.39, 0.29) is 0 Å². The van der Waals surface area contributed by atoms with Crippen LogP contribution in [-0.4, -0.2) is 0 Å². The van der Waals surface area contributed by atoms with E-state index in [1.807, 2.05) is 6.08 Å². The summed E-state index contributed by atoms with van der Waals surface area (Å²) >= 11 is 0. The highest BCUT2D eigenvalue weighted by Gasteiger charge is 1.98. The molecule has 0 aliphatic carbocycles. The van der Waals surface area contributed by atoms with Gasteiger partial charge in [-0.25, -0.2) is 0 Å². The molecule has 0 radical (unpaired) electrons. The number of rotatable bonds is 4. The average molecular weight is 153 g/mol. The van der Waals surface area contributed by atoms with Crippen LogP contribution in [0.2, 0.25) is 0 Å². The second-order valence-electron chi connectivity index (χ2n) is 3.11. The summed E-state index contributed by atoms with van der Waals surface area (Å²) in [4.78, 5) is 0. The van der Waals surface area contributed by atoms with Crippen LogP contribution in [0.1, 0.15) is 33.6 Å². The van der Waals surface area contributed by atoms with Crippen LogP contribution >= 0.6 is 0 Å². The quantitative estimate of drug-likeness (QED) is 0.617. The van der Waals surface area contributed by atoms with Crippen LogP contribution < -0.4 is 5.73 Å². The van der Waals surface area contributed by atoms with Crippen LogP contribution in [0, 0.1) is 5.92 Å². The van der Waals surface area contributed by atoms with Gasteiger partial charge in [0.25, 0.3) is 0 Å². The number of hydrogen-bond donors (Lipinski definition) is 1. The Morgan fingerprint density at radius 3 is 2.64 bits per heavy atom. The molecular weight excluding hydrogens is 134 g/mol. The third-order valence-electron chi connectivity index (χ3n) is 1.84. The normalized spacial score (nSPS) is 15.7. The van der Waals surface area contributed by atoms with Gasteiger partial charge in [-0.1, -0.05) is 24.6 Å². The number of allylic oxidation sites excluding steroid dienone is 3. The molecule has 0 bridgehead atoms. The van der Waals surface area contributed by atoms with Gasteiger partial charge in [-0.05, 0) is 38.8 Å². The number of hydrogen-bond acceptors (Lipinski definition) is 1. The predicted octanol–water partition coefficient (Wildman–Crippen LogP) is 2.84. The van der Waals surface area contributed by atoms with Gasteiger partial charge in [0.1, 0.15) is 0 Å². The lowest BCUT2D eigenvalue weighted by Crippen LogP contribution is -1.93. The molecule has 1 atom stereocenters. The van der Waals surface area contributed by atoms with Gasteiger partial charge in [0.15, 0.2) is 0 Å². The molecule has 0 aromatic heterocycles. The highest BCUT2D eigenvalue weighted by Crippen LogP contribution is 2.14. The summed E-state index contributed by atoms with van der Waals surface area (Å²) < 4.78 is 0. The summed E-state index contributed by atoms with van der Waals surface area (Å²) in [5, 5.41) is 0. The van der Waals surface area contributed by atoms with Gasteiger partial charge in [0.2, 0.25) is 0 Å². The Bertz CT molecular complexity index is 145. The highest BCUT2D eigenvalue weighted by molar-refractivity contribution is 4.97. The summed E-state index contributed by atoms with van der Waals surface area (Å²) in [5.74, 6) is 0.714. The fraction of sp³-hybridized carbons (Fsp3) is 0.600. The summed E-state index contributed by atoms with van der Waals surface area (Å²) in [6, 6.07) is 0. The van der Waals surface area contributed by atoms with E-state index in [1.54, 1.807) is 6.20 Å². The van der Waals surface area contributed by atoms with Crippen molar-refractivity contribution in [1.82, 2.24) is 0 Å². The van der Waals surface area contributed by atoms with Gasteiger partial charge in [-0.15, -0.1) is 0 Å². The van der Waals surface area contributed by atoms with Crippen molar-refractivity contribution >= 4 is 0 Å². The molecule has 1 heteroatoms. The third kappa shape index (κ3) is 5.71. The Balaban J connectivity index is 3.60. The lowest BCUT2D eigenvalue weighted by Gasteiger charge is -2.07. The zero-order valence-electron chi connectivity index (χ0n) is 7.80. The van der Waals surface area contributed by atoms with Gasteiger partial charge >= 0.3 is 0 Å². The molecule has 1 unspecified atom stereocenters. The SMILES string of the molecule is C/C=C(/C)CC(C)C/C=C\N. The monoisotopic (exact) mass is 153 g/mol. The molecule has 0 saturated carbocycles. The Hall–Kier alpha value is -0.720. The fourth-order valence-corrected chi connectivity index (χ4v) is 1.06. The lowest BCUT2D eigenvalue weighted by molar-refractivity contribution is 0.585. The van der Waals surface area contributed by atoms with E-state index in [2.05, 4.69) is 26.8 Å². The minimum Gasteiger partial charge on any atom is -0.405 e. The zero-order valence-corrected chi connectivity index (χ0v) is 7.80. The maximum Gasteiger partial charge on any atom is -0.0103 e. The Morgan fingerprint density at radius 1 is 1.55 bits per heavy atom. The maximum atomic E-state index is 5.24. The smallest absolute Gasteiger partial charge is 0.0103 e. The molecule has 11 heavy (non-hydrogen) atoms. The van der Waals surface area contributed by atoms with Crippen molar-refractivity contribution < 1.29 is 0 Å². The first-order chi connectivity index (χ1) is 5.20. The molecule has 2 N–H and O–H groups in total. The molecule has 0 amide bonds. The molecule has 0 aliphatic heterocycles. The minimum atomic E-state index is 0.714. The molecule has 0 rings (SSSR count). The van der Waals surface area contributed by atoms with E-state index in [9.17, 15) is 0 Å². The molecule has 0 aromatic rings. The first-order valence-corrected chi connectivity index (χ1v) is 4.19. The van der Waals surface area contributed by atoms with Gasteiger partial charge in [0, 0.05) is 0 Å². The Labute approximate surface area is 70.0 Å². The van der Waals surface area contributed by atoms with E-state index in [0.29, 0.717) is 5.92 Å². The lowest BCUT2D eigenvalue weighted by atomic mass is 9.99. The van der Waals surface area contributed by atoms with Gasteiger partial charge in [-0.3, -0.25) is 0 Å². The molecule has 1 nitrogen and oxygen atoms in total. The summed E-state index contributed by atoms with van der Waals surface area (Å²) in [7, 11) is 0. The molecule has 0 saturated heterocycles. The molecule has 0 fully saturated rings. The van der Waals surface area contributed by atoms with E-state index < -0.39 is 0 Å². The maximum absolute atomic E-state index is 5.24. The number of nitrogens with two attached hydrogens (primary N) is 1. The Kier molecular flexibility index (Phi) is 5.63. The second-order valence-corrected chi connectivity index (χ2v) is 3.11.